The van der Waals surface area contributed by atoms with Crippen LogP contribution >= 0.6 is 0 Å². The summed E-state index contributed by atoms with van der Waals surface area (Å²) in [6, 6.07) is 7.69. The smallest absolute Gasteiger partial charge is 0.249 e. The van der Waals surface area contributed by atoms with Crippen LogP contribution in [-0.4, -0.2) is 17.9 Å². The Morgan fingerprint density at radius 1 is 1.09 bits per heavy atom. The summed E-state index contributed by atoms with van der Waals surface area (Å²) in [6.45, 7) is 10.3. The van der Waals surface area contributed by atoms with Gasteiger partial charge in [-0.2, -0.15) is 0 Å². The van der Waals surface area contributed by atoms with Gasteiger partial charge < -0.3 is 5.32 Å². The molecule has 0 aliphatic carbocycles. The molecule has 4 nitrogen and oxygen atoms in total. The molecule has 4 heteroatoms. The number of hydrogen-bond acceptors (Lipinski definition) is 3. The Kier molecular flexibility index (Phi) is 10.8. The number of rotatable bonds is 3. The van der Waals surface area contributed by atoms with E-state index < -0.39 is 0 Å². The molecule has 22 heavy (non-hydrogen) atoms. The Hall–Kier alpha value is -1.84. The zero-order valence-electron chi connectivity index (χ0n) is 14.5. The molecule has 1 aromatic carbocycles. The molecule has 0 bridgehead atoms. The van der Waals surface area contributed by atoms with Gasteiger partial charge >= 0.3 is 0 Å². The molecule has 1 aliphatic heterocycles. The monoisotopic (exact) mass is 306 g/mol. The summed E-state index contributed by atoms with van der Waals surface area (Å²) < 4.78 is 0. The van der Waals surface area contributed by atoms with Gasteiger partial charge in [0.05, 0.1) is 0 Å². The minimum Gasteiger partial charge on any atom is -0.374 e. The molecule has 1 aliphatic rings. The largest absolute Gasteiger partial charge is 0.374 e. The average Bonchev–Trinajstić information content (AvgIpc) is 2.53. The number of hydrogen-bond donors (Lipinski definition) is 2. The van der Waals surface area contributed by atoms with Gasteiger partial charge in [-0.25, -0.2) is 0 Å². The van der Waals surface area contributed by atoms with Crippen molar-refractivity contribution in [3.05, 3.63) is 29.8 Å². The lowest BCUT2D eigenvalue weighted by atomic mass is 10.1. The highest BCUT2D eigenvalue weighted by molar-refractivity contribution is 6.01. The summed E-state index contributed by atoms with van der Waals surface area (Å²) in [5, 5.41) is 5.47. The lowest BCUT2D eigenvalue weighted by molar-refractivity contribution is -0.133. The standard InChI is InChI=1S/C13H16N2O2.C3H8.C2H6/c1-2-9-3-5-10(6-4-9)14-11-7-8-12(16)15-13(11)17;1-3-2;1-2/h3-6,11,14H,2,7-8H2,1H3,(H,15,16,17);3H2,1-2H3;1-2H3. The molecule has 0 aromatic heterocycles. The van der Waals surface area contributed by atoms with Gasteiger partial charge in [0.15, 0.2) is 0 Å². The van der Waals surface area contributed by atoms with Crippen molar-refractivity contribution in [3.8, 4) is 0 Å². The van der Waals surface area contributed by atoms with Gasteiger partial charge in [0.1, 0.15) is 6.04 Å². The van der Waals surface area contributed by atoms with Crippen LogP contribution in [0.2, 0.25) is 0 Å². The molecule has 2 amide bonds. The lowest BCUT2D eigenvalue weighted by Crippen LogP contribution is -2.47. The number of anilines is 1. The van der Waals surface area contributed by atoms with Crippen LogP contribution in [0.3, 0.4) is 0 Å². The zero-order chi connectivity index (χ0) is 17.0. The number of benzene rings is 1. The highest BCUT2D eigenvalue weighted by Crippen LogP contribution is 2.14. The predicted molar refractivity (Wildman–Crippen MR) is 92.9 cm³/mol. The molecule has 0 radical (unpaired) electrons. The van der Waals surface area contributed by atoms with Crippen LogP contribution in [0.25, 0.3) is 0 Å². The second-order valence-electron chi connectivity index (χ2n) is 4.91. The maximum Gasteiger partial charge on any atom is 0.249 e. The van der Waals surface area contributed by atoms with Crippen molar-refractivity contribution in [3.63, 3.8) is 0 Å². The van der Waals surface area contributed by atoms with Gasteiger partial charge in [-0.15, -0.1) is 0 Å². The van der Waals surface area contributed by atoms with Crippen molar-refractivity contribution in [1.29, 1.82) is 0 Å². The van der Waals surface area contributed by atoms with E-state index in [1.54, 1.807) is 0 Å². The molecular weight excluding hydrogens is 276 g/mol. The summed E-state index contributed by atoms with van der Waals surface area (Å²) >= 11 is 0. The van der Waals surface area contributed by atoms with E-state index in [9.17, 15) is 9.59 Å². The predicted octanol–water partition coefficient (Wildman–Crippen LogP) is 3.91. The van der Waals surface area contributed by atoms with Crippen molar-refractivity contribution >= 4 is 17.5 Å². The second-order valence-corrected chi connectivity index (χ2v) is 4.91. The fourth-order valence-electron chi connectivity index (χ4n) is 1.87. The molecule has 2 N–H and O–H groups in total. The van der Waals surface area contributed by atoms with Crippen LogP contribution in [0.15, 0.2) is 24.3 Å². The summed E-state index contributed by atoms with van der Waals surface area (Å²) in [5.74, 6) is -0.421. The average molecular weight is 306 g/mol. The minimum absolute atomic E-state index is 0.186. The molecule has 1 heterocycles. The Morgan fingerprint density at radius 3 is 2.09 bits per heavy atom. The van der Waals surface area contributed by atoms with Crippen LogP contribution in [0.5, 0.6) is 0 Å². The first-order chi connectivity index (χ1) is 10.6. The van der Waals surface area contributed by atoms with E-state index in [0.717, 1.165) is 12.1 Å². The van der Waals surface area contributed by atoms with Crippen LogP contribution in [0.1, 0.15) is 59.4 Å². The van der Waals surface area contributed by atoms with E-state index in [1.165, 1.54) is 12.0 Å². The number of amides is 2. The topological polar surface area (TPSA) is 58.2 Å². The number of piperidine rings is 1. The summed E-state index contributed by atoms with van der Waals surface area (Å²) in [4.78, 5) is 22.5. The summed E-state index contributed by atoms with van der Waals surface area (Å²) in [6.07, 6.45) is 3.20. The Labute approximate surface area is 134 Å². The lowest BCUT2D eigenvalue weighted by Gasteiger charge is -2.22. The maximum atomic E-state index is 11.5. The van der Waals surface area contributed by atoms with Gasteiger partial charge in [-0.1, -0.05) is 53.2 Å². The maximum absolute atomic E-state index is 11.5. The first kappa shape index (κ1) is 20.2. The highest BCUT2D eigenvalue weighted by atomic mass is 16.2. The van der Waals surface area contributed by atoms with Crippen molar-refractivity contribution < 1.29 is 9.59 Å². The van der Waals surface area contributed by atoms with Crippen molar-refractivity contribution in [2.75, 3.05) is 5.32 Å². The zero-order valence-corrected chi connectivity index (χ0v) is 14.5. The van der Waals surface area contributed by atoms with E-state index >= 15 is 0 Å². The van der Waals surface area contributed by atoms with E-state index in [-0.39, 0.29) is 17.9 Å². The molecule has 1 fully saturated rings. The Bertz CT molecular complexity index is 441. The highest BCUT2D eigenvalue weighted by Gasteiger charge is 2.26. The third-order valence-electron chi connectivity index (χ3n) is 2.94. The fourth-order valence-corrected chi connectivity index (χ4v) is 1.87. The third kappa shape index (κ3) is 7.25. The van der Waals surface area contributed by atoms with Crippen LogP contribution in [0, 0.1) is 0 Å². The third-order valence-corrected chi connectivity index (χ3v) is 2.94. The molecule has 0 saturated carbocycles. The van der Waals surface area contributed by atoms with Crippen LogP contribution < -0.4 is 10.6 Å². The second kappa shape index (κ2) is 11.8. The van der Waals surface area contributed by atoms with Gasteiger partial charge in [0, 0.05) is 12.1 Å². The van der Waals surface area contributed by atoms with Crippen LogP contribution in [0.4, 0.5) is 5.69 Å². The number of imide groups is 1. The molecule has 1 saturated heterocycles. The molecule has 1 atom stereocenters. The van der Waals surface area contributed by atoms with Gasteiger partial charge in [-0.05, 0) is 30.5 Å². The summed E-state index contributed by atoms with van der Waals surface area (Å²) in [7, 11) is 0. The minimum atomic E-state index is -0.305. The molecule has 1 aromatic rings. The van der Waals surface area contributed by atoms with Crippen molar-refractivity contribution in [2.24, 2.45) is 0 Å². The number of carbonyl (C=O) groups is 2. The molecular formula is C18H30N2O2. The molecule has 2 rings (SSSR count). The first-order valence-electron chi connectivity index (χ1n) is 8.29. The number of carbonyl (C=O) groups excluding carboxylic acids is 2. The molecule has 1 unspecified atom stereocenters. The first-order valence-corrected chi connectivity index (χ1v) is 8.29. The van der Waals surface area contributed by atoms with Crippen molar-refractivity contribution in [2.45, 2.75) is 66.3 Å². The summed E-state index contributed by atoms with van der Waals surface area (Å²) in [5.41, 5.74) is 2.18. The normalized spacial score (nSPS) is 16.5. The van der Waals surface area contributed by atoms with Gasteiger partial charge in [0.2, 0.25) is 11.8 Å². The number of aryl methyl sites for hydroxylation is 1. The van der Waals surface area contributed by atoms with Crippen LogP contribution in [-0.2, 0) is 16.0 Å². The Morgan fingerprint density at radius 2 is 1.64 bits per heavy atom. The fraction of sp³-hybridized carbons (Fsp3) is 0.556. The van der Waals surface area contributed by atoms with E-state index in [1.807, 2.05) is 38.1 Å². The van der Waals surface area contributed by atoms with E-state index in [4.69, 9.17) is 0 Å². The number of nitrogens with one attached hydrogen (secondary N) is 2. The van der Waals surface area contributed by atoms with Crippen molar-refractivity contribution in [1.82, 2.24) is 5.32 Å². The van der Waals surface area contributed by atoms with E-state index in [2.05, 4.69) is 31.4 Å². The SMILES string of the molecule is CC.CCC.CCc1ccc(NC2CCC(=O)NC2=O)cc1. The van der Waals surface area contributed by atoms with E-state index in [0.29, 0.717) is 12.8 Å². The van der Waals surface area contributed by atoms with Gasteiger partial charge in [-0.3, -0.25) is 14.9 Å². The Balaban J connectivity index is 0.000000789. The quantitative estimate of drug-likeness (QED) is 0.832. The molecule has 0 spiro atoms. The molecule has 124 valence electrons. The van der Waals surface area contributed by atoms with Gasteiger partial charge in [0.25, 0.3) is 0 Å².